The van der Waals surface area contributed by atoms with Crippen LogP contribution in [0.3, 0.4) is 0 Å². The van der Waals surface area contributed by atoms with Crippen molar-refractivity contribution in [2.24, 2.45) is 5.92 Å². The molecule has 1 aliphatic heterocycles. The smallest absolute Gasteiger partial charge is 0.126 e. The van der Waals surface area contributed by atoms with Crippen molar-refractivity contribution >= 4 is 0 Å². The third-order valence-corrected chi connectivity index (χ3v) is 6.40. The Morgan fingerprint density at radius 3 is 2.95 bits per heavy atom. The van der Waals surface area contributed by atoms with Crippen molar-refractivity contribution in [3.05, 3.63) is 23.3 Å². The van der Waals surface area contributed by atoms with Crippen LogP contribution >= 0.6 is 0 Å². The standard InChI is InChI=1S/C18H25NO2/c1-19-8-7-18-6-4-3-5-14(18)16(19)11-13-15(18)9-12(20)10-17(13)21-2/h9-10,14,16,20H,3-8,11H2,1-2H3/t14-,16+,18+/m0/s1. The number of methoxy groups -OCH3 is 1. The number of likely N-dealkylation sites (tertiary alicyclic amines) is 1. The van der Waals surface area contributed by atoms with Crippen LogP contribution in [0.25, 0.3) is 0 Å². The molecule has 1 saturated carbocycles. The minimum atomic E-state index is 0.287. The molecule has 2 aliphatic carbocycles. The van der Waals surface area contributed by atoms with E-state index >= 15 is 0 Å². The van der Waals surface area contributed by atoms with Crippen LogP contribution in [-0.4, -0.2) is 36.8 Å². The number of aromatic hydroxyl groups is 1. The molecule has 2 bridgehead atoms. The first-order chi connectivity index (χ1) is 10.2. The molecular formula is C18H25NO2. The van der Waals surface area contributed by atoms with E-state index in [1.807, 2.05) is 6.07 Å². The Hall–Kier alpha value is -1.22. The van der Waals surface area contributed by atoms with Gasteiger partial charge in [-0.3, -0.25) is 0 Å². The van der Waals surface area contributed by atoms with Crippen LogP contribution in [0.1, 0.15) is 43.2 Å². The van der Waals surface area contributed by atoms with E-state index in [4.69, 9.17) is 4.74 Å². The van der Waals surface area contributed by atoms with Crippen molar-refractivity contribution in [2.45, 2.75) is 50.0 Å². The van der Waals surface area contributed by atoms with Crippen LogP contribution < -0.4 is 4.74 Å². The summed E-state index contributed by atoms with van der Waals surface area (Å²) in [5.41, 5.74) is 3.04. The molecule has 0 aromatic heterocycles. The second kappa shape index (κ2) is 4.64. The van der Waals surface area contributed by atoms with E-state index < -0.39 is 0 Å². The fraction of sp³-hybridized carbons (Fsp3) is 0.667. The lowest BCUT2D eigenvalue weighted by Gasteiger charge is -2.58. The molecular weight excluding hydrogens is 262 g/mol. The van der Waals surface area contributed by atoms with Gasteiger partial charge in [0, 0.05) is 17.5 Å². The summed E-state index contributed by atoms with van der Waals surface area (Å²) in [7, 11) is 4.00. The number of likely N-dealkylation sites (N-methyl/N-ethyl adjacent to an activating group) is 1. The maximum absolute atomic E-state index is 10.1. The zero-order valence-electron chi connectivity index (χ0n) is 13.1. The number of phenolic OH excluding ortho intramolecular Hbond substituents is 1. The molecule has 0 spiro atoms. The van der Waals surface area contributed by atoms with Crippen LogP contribution in [0.4, 0.5) is 0 Å². The van der Waals surface area contributed by atoms with Gasteiger partial charge >= 0.3 is 0 Å². The maximum atomic E-state index is 10.1. The first-order valence-electron chi connectivity index (χ1n) is 8.26. The summed E-state index contributed by atoms with van der Waals surface area (Å²) in [6.07, 6.45) is 7.60. The molecule has 1 aromatic carbocycles. The molecule has 1 N–H and O–H groups in total. The highest BCUT2D eigenvalue weighted by Crippen LogP contribution is 2.57. The number of hydrogen-bond acceptors (Lipinski definition) is 3. The highest BCUT2D eigenvalue weighted by molar-refractivity contribution is 5.53. The molecule has 0 amide bonds. The number of rotatable bonds is 1. The molecule has 3 aliphatic rings. The summed E-state index contributed by atoms with van der Waals surface area (Å²) in [4.78, 5) is 2.56. The zero-order valence-corrected chi connectivity index (χ0v) is 13.1. The van der Waals surface area contributed by atoms with Gasteiger partial charge in [-0.05, 0) is 62.4 Å². The number of benzene rings is 1. The van der Waals surface area contributed by atoms with Crippen molar-refractivity contribution in [3.8, 4) is 11.5 Å². The molecule has 3 atom stereocenters. The van der Waals surface area contributed by atoms with Gasteiger partial charge in [0.1, 0.15) is 11.5 Å². The Morgan fingerprint density at radius 1 is 1.29 bits per heavy atom. The van der Waals surface area contributed by atoms with Crippen molar-refractivity contribution in [1.82, 2.24) is 4.90 Å². The molecule has 0 radical (unpaired) electrons. The number of ether oxygens (including phenoxy) is 1. The molecule has 3 heteroatoms. The summed E-state index contributed by atoms with van der Waals surface area (Å²) in [6, 6.07) is 4.47. The van der Waals surface area contributed by atoms with Crippen molar-refractivity contribution in [1.29, 1.82) is 0 Å². The lowest BCUT2D eigenvalue weighted by atomic mass is 9.52. The molecule has 2 fully saturated rings. The lowest BCUT2D eigenvalue weighted by Crippen LogP contribution is -2.59. The number of piperidine rings is 1. The minimum absolute atomic E-state index is 0.287. The van der Waals surface area contributed by atoms with Gasteiger partial charge in [0.2, 0.25) is 0 Å². The fourth-order valence-electron chi connectivity index (χ4n) is 5.43. The predicted molar refractivity (Wildman–Crippen MR) is 83.0 cm³/mol. The number of nitrogens with zero attached hydrogens (tertiary/aromatic N) is 1. The van der Waals surface area contributed by atoms with Gasteiger partial charge in [-0.2, -0.15) is 0 Å². The molecule has 1 aromatic rings. The molecule has 1 saturated heterocycles. The Bertz CT molecular complexity index is 571. The van der Waals surface area contributed by atoms with E-state index in [1.54, 1.807) is 13.2 Å². The normalized spacial score (nSPS) is 35.0. The highest BCUT2D eigenvalue weighted by Gasteiger charge is 2.53. The van der Waals surface area contributed by atoms with E-state index in [0.29, 0.717) is 11.8 Å². The van der Waals surface area contributed by atoms with E-state index in [0.717, 1.165) is 18.1 Å². The summed E-state index contributed by atoms with van der Waals surface area (Å²) in [6.45, 7) is 1.18. The van der Waals surface area contributed by atoms with Crippen LogP contribution in [0.5, 0.6) is 11.5 Å². The number of fused-ring (bicyclic) bond motifs is 1. The monoisotopic (exact) mass is 287 g/mol. The SMILES string of the molecule is COc1cc(O)cc2c1C[C@@H]1[C@@H]3CCCC[C@]23CCN1C. The van der Waals surface area contributed by atoms with Crippen molar-refractivity contribution in [2.75, 3.05) is 20.7 Å². The average molecular weight is 287 g/mol. The van der Waals surface area contributed by atoms with Crippen molar-refractivity contribution in [3.63, 3.8) is 0 Å². The highest BCUT2D eigenvalue weighted by atomic mass is 16.5. The molecule has 114 valence electrons. The van der Waals surface area contributed by atoms with Gasteiger partial charge < -0.3 is 14.7 Å². The Kier molecular flexibility index (Phi) is 2.97. The summed E-state index contributed by atoms with van der Waals surface area (Å²) >= 11 is 0. The zero-order chi connectivity index (χ0) is 14.6. The largest absolute Gasteiger partial charge is 0.508 e. The summed E-state index contributed by atoms with van der Waals surface area (Å²) in [5.74, 6) is 2.00. The third kappa shape index (κ3) is 1.76. The molecule has 21 heavy (non-hydrogen) atoms. The first kappa shape index (κ1) is 13.4. The Labute approximate surface area is 126 Å². The summed E-state index contributed by atoms with van der Waals surface area (Å²) in [5, 5.41) is 10.1. The quantitative estimate of drug-likeness (QED) is 0.861. The van der Waals surface area contributed by atoms with Crippen LogP contribution in [-0.2, 0) is 11.8 Å². The van der Waals surface area contributed by atoms with Gasteiger partial charge in [0.25, 0.3) is 0 Å². The van der Waals surface area contributed by atoms with Crippen LogP contribution in [0.2, 0.25) is 0 Å². The molecule has 1 heterocycles. The van der Waals surface area contributed by atoms with Gasteiger partial charge in [0.15, 0.2) is 0 Å². The lowest BCUT2D eigenvalue weighted by molar-refractivity contribution is 0.00214. The van der Waals surface area contributed by atoms with E-state index in [2.05, 4.69) is 11.9 Å². The number of hydrogen-bond donors (Lipinski definition) is 1. The van der Waals surface area contributed by atoms with E-state index in [9.17, 15) is 5.11 Å². The molecule has 4 rings (SSSR count). The molecule has 0 unspecified atom stereocenters. The third-order valence-electron chi connectivity index (χ3n) is 6.40. The number of phenols is 1. The van der Waals surface area contributed by atoms with Crippen LogP contribution in [0.15, 0.2) is 12.1 Å². The maximum Gasteiger partial charge on any atom is 0.126 e. The van der Waals surface area contributed by atoms with Gasteiger partial charge in [-0.1, -0.05) is 12.8 Å². The topological polar surface area (TPSA) is 32.7 Å². The first-order valence-corrected chi connectivity index (χ1v) is 8.26. The van der Waals surface area contributed by atoms with Gasteiger partial charge in [-0.25, -0.2) is 0 Å². The Morgan fingerprint density at radius 2 is 2.14 bits per heavy atom. The van der Waals surface area contributed by atoms with Crippen LogP contribution in [0, 0.1) is 5.92 Å². The van der Waals surface area contributed by atoms with Crippen molar-refractivity contribution < 1.29 is 9.84 Å². The molecule has 3 nitrogen and oxygen atoms in total. The van der Waals surface area contributed by atoms with Gasteiger partial charge in [0.05, 0.1) is 7.11 Å². The van der Waals surface area contributed by atoms with Gasteiger partial charge in [-0.15, -0.1) is 0 Å². The second-order valence-corrected chi connectivity index (χ2v) is 7.18. The Balaban J connectivity index is 1.93. The minimum Gasteiger partial charge on any atom is -0.508 e. The fourth-order valence-corrected chi connectivity index (χ4v) is 5.43. The van der Waals surface area contributed by atoms with E-state index in [1.165, 1.54) is 49.8 Å². The second-order valence-electron chi connectivity index (χ2n) is 7.18. The summed E-state index contributed by atoms with van der Waals surface area (Å²) < 4.78 is 5.59. The predicted octanol–water partition coefficient (Wildman–Crippen LogP) is 3.09. The van der Waals surface area contributed by atoms with E-state index in [-0.39, 0.29) is 5.41 Å². The average Bonchev–Trinajstić information content (AvgIpc) is 2.50.